The van der Waals surface area contributed by atoms with Crippen molar-refractivity contribution >= 4 is 23.4 Å². The van der Waals surface area contributed by atoms with E-state index in [1.165, 1.54) is 24.4 Å². The molecule has 1 aliphatic rings. The number of benzene rings is 2. The number of nitrogens with zero attached hydrogens (tertiary/aromatic N) is 3. The molecular weight excluding hydrogens is 459 g/mol. The minimum Gasteiger partial charge on any atom is -0.441 e. The van der Waals surface area contributed by atoms with Gasteiger partial charge < -0.3 is 14.2 Å². The first-order chi connectivity index (χ1) is 15.8. The Labute approximate surface area is 192 Å². The van der Waals surface area contributed by atoms with E-state index >= 15 is 0 Å². The topological polar surface area (TPSA) is 66.7 Å². The van der Waals surface area contributed by atoms with Gasteiger partial charge in [-0.3, -0.25) is 9.59 Å². The lowest BCUT2D eigenvalue weighted by molar-refractivity contribution is -0.132. The van der Waals surface area contributed by atoms with Crippen molar-refractivity contribution in [2.75, 3.05) is 26.2 Å². The molecule has 6 nitrogen and oxygen atoms in total. The Morgan fingerprint density at radius 3 is 2.33 bits per heavy atom. The molecule has 0 N–H and O–H groups in total. The largest absolute Gasteiger partial charge is 0.441 e. The van der Waals surface area contributed by atoms with Gasteiger partial charge in [0.15, 0.2) is 11.7 Å². The van der Waals surface area contributed by atoms with Crippen molar-refractivity contribution in [3.05, 3.63) is 76.5 Å². The van der Waals surface area contributed by atoms with Crippen LogP contribution in [-0.2, 0) is 11.2 Å². The zero-order chi connectivity index (χ0) is 23.5. The Morgan fingerprint density at radius 1 is 0.970 bits per heavy atom. The third-order valence-corrected chi connectivity index (χ3v) is 5.70. The number of carbonyl (C=O) groups excluding carboxylic acids is 2. The van der Waals surface area contributed by atoms with Gasteiger partial charge in [-0.25, -0.2) is 18.2 Å². The van der Waals surface area contributed by atoms with E-state index in [9.17, 15) is 22.8 Å². The van der Waals surface area contributed by atoms with Gasteiger partial charge in [-0.05, 0) is 30.3 Å². The summed E-state index contributed by atoms with van der Waals surface area (Å²) in [6.07, 6.45) is 1.68. The van der Waals surface area contributed by atoms with Gasteiger partial charge >= 0.3 is 0 Å². The van der Waals surface area contributed by atoms with Gasteiger partial charge in [-0.1, -0.05) is 11.6 Å². The second-order valence-corrected chi connectivity index (χ2v) is 7.95. The maximum Gasteiger partial charge on any atom is 0.255 e. The van der Waals surface area contributed by atoms with Crippen molar-refractivity contribution < 1.29 is 27.2 Å². The minimum atomic E-state index is -0.761. The van der Waals surface area contributed by atoms with Crippen LogP contribution in [0.25, 0.3) is 11.3 Å². The fourth-order valence-corrected chi connectivity index (χ4v) is 3.85. The zero-order valence-electron chi connectivity index (χ0n) is 17.4. The van der Waals surface area contributed by atoms with E-state index in [2.05, 4.69) is 4.98 Å². The monoisotopic (exact) mass is 477 g/mol. The summed E-state index contributed by atoms with van der Waals surface area (Å²) in [5.74, 6) is -1.99. The molecule has 2 aromatic carbocycles. The van der Waals surface area contributed by atoms with Crippen LogP contribution in [-0.4, -0.2) is 52.8 Å². The van der Waals surface area contributed by atoms with E-state index in [0.717, 1.165) is 18.2 Å². The van der Waals surface area contributed by atoms with E-state index in [4.69, 9.17) is 16.0 Å². The van der Waals surface area contributed by atoms with Crippen LogP contribution in [0.1, 0.15) is 22.7 Å². The Hall–Kier alpha value is -3.33. The van der Waals surface area contributed by atoms with Gasteiger partial charge in [0.1, 0.15) is 17.5 Å². The van der Waals surface area contributed by atoms with Crippen LogP contribution in [0.3, 0.4) is 0 Å². The smallest absolute Gasteiger partial charge is 0.255 e. The molecule has 0 bridgehead atoms. The molecule has 0 atom stereocenters. The van der Waals surface area contributed by atoms with Crippen molar-refractivity contribution in [2.45, 2.75) is 12.8 Å². The van der Waals surface area contributed by atoms with Crippen molar-refractivity contribution in [1.82, 2.24) is 14.8 Å². The highest BCUT2D eigenvalue weighted by Crippen LogP contribution is 2.25. The Kier molecular flexibility index (Phi) is 6.69. The fourth-order valence-electron chi connectivity index (χ4n) is 3.60. The highest BCUT2D eigenvalue weighted by Gasteiger charge is 2.26. The minimum absolute atomic E-state index is 0.0457. The van der Waals surface area contributed by atoms with Crippen molar-refractivity contribution in [1.29, 1.82) is 0 Å². The molecule has 4 rings (SSSR count). The third kappa shape index (κ3) is 5.19. The maximum absolute atomic E-state index is 13.9. The first-order valence-electron chi connectivity index (χ1n) is 10.2. The standard InChI is InChI=1S/C23H19ClF3N3O3/c24-18-11-14(25)1-3-16(18)23(32)30-9-7-29(8-10-30)22(31)6-5-21-28-13-20(33-21)17-4-2-15(26)12-19(17)27/h1-4,11-13H,5-10H2. The second kappa shape index (κ2) is 9.66. The number of rotatable bonds is 5. The number of halogens is 4. The third-order valence-electron chi connectivity index (χ3n) is 5.38. The molecule has 1 fully saturated rings. The van der Waals surface area contributed by atoms with E-state index < -0.39 is 17.5 Å². The van der Waals surface area contributed by atoms with Gasteiger partial charge in [0, 0.05) is 45.1 Å². The normalized spacial score (nSPS) is 13.9. The van der Waals surface area contributed by atoms with Crippen LogP contribution in [0, 0.1) is 17.5 Å². The first-order valence-corrected chi connectivity index (χ1v) is 10.6. The predicted octanol–water partition coefficient (Wildman–Crippen LogP) is 4.33. The molecule has 1 aromatic heterocycles. The first kappa shape index (κ1) is 22.8. The van der Waals surface area contributed by atoms with Crippen LogP contribution in [0.5, 0.6) is 0 Å². The Balaban J connectivity index is 1.29. The average molecular weight is 478 g/mol. The number of carbonyl (C=O) groups is 2. The molecule has 1 saturated heterocycles. The summed E-state index contributed by atoms with van der Waals surface area (Å²) < 4.78 is 45.7. The summed E-state index contributed by atoms with van der Waals surface area (Å²) in [6.45, 7) is 1.35. The molecule has 3 aromatic rings. The fraction of sp³-hybridized carbons (Fsp3) is 0.261. The van der Waals surface area contributed by atoms with Crippen LogP contribution in [0.15, 0.2) is 47.0 Å². The molecule has 0 unspecified atom stereocenters. The van der Waals surface area contributed by atoms with Crippen LogP contribution in [0.2, 0.25) is 5.02 Å². The van der Waals surface area contributed by atoms with Gasteiger partial charge in [-0.2, -0.15) is 0 Å². The Morgan fingerprint density at radius 2 is 1.64 bits per heavy atom. The maximum atomic E-state index is 13.9. The summed E-state index contributed by atoms with van der Waals surface area (Å²) in [5.41, 5.74) is 0.304. The molecule has 1 aliphatic heterocycles. The van der Waals surface area contributed by atoms with Gasteiger partial charge in [0.25, 0.3) is 5.91 Å². The summed E-state index contributed by atoms with van der Waals surface area (Å²) in [7, 11) is 0. The number of oxazole rings is 1. The molecule has 2 amide bonds. The second-order valence-electron chi connectivity index (χ2n) is 7.54. The molecule has 172 valence electrons. The number of amides is 2. The van der Waals surface area contributed by atoms with E-state index in [1.54, 1.807) is 9.80 Å². The lowest BCUT2D eigenvalue weighted by Gasteiger charge is -2.35. The number of piperazine rings is 1. The van der Waals surface area contributed by atoms with E-state index in [0.29, 0.717) is 26.2 Å². The number of aryl methyl sites for hydroxylation is 1. The van der Waals surface area contributed by atoms with E-state index in [-0.39, 0.29) is 52.5 Å². The highest BCUT2D eigenvalue weighted by molar-refractivity contribution is 6.33. The quantitative estimate of drug-likeness (QED) is 0.548. The molecule has 0 radical (unpaired) electrons. The Bertz CT molecular complexity index is 1190. The average Bonchev–Trinajstić information content (AvgIpc) is 3.26. The molecular formula is C23H19ClF3N3O3. The van der Waals surface area contributed by atoms with Crippen LogP contribution >= 0.6 is 11.6 Å². The molecule has 0 aliphatic carbocycles. The summed E-state index contributed by atoms with van der Waals surface area (Å²) in [5, 5.41) is 0.0457. The lowest BCUT2D eigenvalue weighted by Crippen LogP contribution is -2.50. The number of hydrogen-bond acceptors (Lipinski definition) is 4. The van der Waals surface area contributed by atoms with Crippen molar-refractivity contribution in [3.8, 4) is 11.3 Å². The zero-order valence-corrected chi connectivity index (χ0v) is 18.1. The van der Waals surface area contributed by atoms with Crippen molar-refractivity contribution in [2.24, 2.45) is 0 Å². The predicted molar refractivity (Wildman–Crippen MR) is 114 cm³/mol. The molecule has 0 spiro atoms. The summed E-state index contributed by atoms with van der Waals surface area (Å²) in [6, 6.07) is 6.76. The number of aromatic nitrogens is 1. The lowest BCUT2D eigenvalue weighted by atomic mass is 10.1. The van der Waals surface area contributed by atoms with E-state index in [1.807, 2.05) is 0 Å². The molecule has 10 heteroatoms. The number of hydrogen-bond donors (Lipinski definition) is 0. The SMILES string of the molecule is O=C(CCc1ncc(-c2ccc(F)cc2F)o1)N1CCN(C(=O)c2ccc(F)cc2Cl)CC1. The summed E-state index contributed by atoms with van der Waals surface area (Å²) in [4.78, 5) is 32.5. The molecule has 0 saturated carbocycles. The molecule has 2 heterocycles. The van der Waals surface area contributed by atoms with Crippen LogP contribution < -0.4 is 0 Å². The van der Waals surface area contributed by atoms with Gasteiger partial charge in [0.2, 0.25) is 5.91 Å². The van der Waals surface area contributed by atoms with Crippen molar-refractivity contribution in [3.63, 3.8) is 0 Å². The van der Waals surface area contributed by atoms with Gasteiger partial charge in [0.05, 0.1) is 22.3 Å². The highest BCUT2D eigenvalue weighted by atomic mass is 35.5. The summed E-state index contributed by atoms with van der Waals surface area (Å²) >= 11 is 5.97. The van der Waals surface area contributed by atoms with Gasteiger partial charge in [-0.15, -0.1) is 0 Å². The molecule has 33 heavy (non-hydrogen) atoms. The van der Waals surface area contributed by atoms with Crippen LogP contribution in [0.4, 0.5) is 13.2 Å².